The number of carbonyl (C=O) groups is 4. The van der Waals surface area contributed by atoms with E-state index < -0.39 is 18.5 Å². The van der Waals surface area contributed by atoms with Crippen LogP contribution >= 0.6 is 0 Å². The van der Waals surface area contributed by atoms with E-state index in [1.165, 1.54) is 17.0 Å². The van der Waals surface area contributed by atoms with Crippen molar-refractivity contribution in [1.29, 1.82) is 0 Å². The van der Waals surface area contributed by atoms with Crippen LogP contribution in [0.1, 0.15) is 36.5 Å². The van der Waals surface area contributed by atoms with Crippen LogP contribution in [0.5, 0.6) is 5.75 Å². The van der Waals surface area contributed by atoms with Crippen LogP contribution in [-0.4, -0.2) is 37.4 Å². The molecule has 0 spiro atoms. The average Bonchev–Trinajstić information content (AvgIpc) is 3.07. The van der Waals surface area contributed by atoms with Crippen molar-refractivity contribution < 1.29 is 28.7 Å². The quantitative estimate of drug-likeness (QED) is 0.535. The summed E-state index contributed by atoms with van der Waals surface area (Å²) in [6, 6.07) is 12.9. The van der Waals surface area contributed by atoms with E-state index >= 15 is 0 Å². The van der Waals surface area contributed by atoms with E-state index in [-0.39, 0.29) is 29.2 Å². The molecular weight excluding hydrogens is 424 g/mol. The number of nitrogens with zero attached hydrogens (tertiary/aromatic N) is 1. The molecule has 0 aromatic heterocycles. The van der Waals surface area contributed by atoms with Gasteiger partial charge in [0.15, 0.2) is 6.61 Å². The van der Waals surface area contributed by atoms with Crippen molar-refractivity contribution in [3.8, 4) is 5.75 Å². The monoisotopic (exact) mass is 450 g/mol. The molecule has 8 nitrogen and oxygen atoms in total. The van der Waals surface area contributed by atoms with Crippen molar-refractivity contribution in [2.24, 2.45) is 17.8 Å². The van der Waals surface area contributed by atoms with Gasteiger partial charge in [-0.1, -0.05) is 13.0 Å². The van der Waals surface area contributed by atoms with Gasteiger partial charge in [-0.15, -0.1) is 0 Å². The number of anilines is 2. The first-order valence-corrected chi connectivity index (χ1v) is 11.0. The zero-order valence-electron chi connectivity index (χ0n) is 18.6. The number of ether oxygens (including phenoxy) is 2. The minimum atomic E-state index is -0.716. The predicted molar refractivity (Wildman–Crippen MR) is 121 cm³/mol. The Hall–Kier alpha value is -3.68. The topological polar surface area (TPSA) is 102 Å². The molecule has 33 heavy (non-hydrogen) atoms. The van der Waals surface area contributed by atoms with Crippen LogP contribution in [0.2, 0.25) is 0 Å². The SMILES string of the molecule is COc1ccc(NC(=O)COC(=O)c2cccc(N3C(=O)[C@H]4C[C@@H](C)CC[C@H]4C3=O)c2)cc1. The Morgan fingerprint density at radius 2 is 1.76 bits per heavy atom. The largest absolute Gasteiger partial charge is 0.497 e. The van der Waals surface area contributed by atoms with Gasteiger partial charge in [-0.05, 0) is 67.6 Å². The van der Waals surface area contributed by atoms with Gasteiger partial charge < -0.3 is 14.8 Å². The van der Waals surface area contributed by atoms with Gasteiger partial charge >= 0.3 is 5.97 Å². The lowest BCUT2D eigenvalue weighted by Crippen LogP contribution is -2.31. The van der Waals surface area contributed by atoms with E-state index in [0.717, 1.165) is 6.42 Å². The number of nitrogens with one attached hydrogen (secondary N) is 1. The van der Waals surface area contributed by atoms with Crippen molar-refractivity contribution in [1.82, 2.24) is 0 Å². The summed E-state index contributed by atoms with van der Waals surface area (Å²) >= 11 is 0. The van der Waals surface area contributed by atoms with Crippen LogP contribution in [0.15, 0.2) is 48.5 Å². The molecule has 3 atom stereocenters. The third-order valence-electron chi connectivity index (χ3n) is 6.24. The molecule has 1 saturated carbocycles. The lowest BCUT2D eigenvalue weighted by molar-refractivity contribution is -0.122. The summed E-state index contributed by atoms with van der Waals surface area (Å²) < 4.78 is 10.2. The van der Waals surface area contributed by atoms with Gasteiger partial charge in [0.25, 0.3) is 5.91 Å². The molecule has 4 rings (SSSR count). The van der Waals surface area contributed by atoms with E-state index in [2.05, 4.69) is 12.2 Å². The summed E-state index contributed by atoms with van der Waals surface area (Å²) in [5, 5.41) is 2.63. The number of fused-ring (bicyclic) bond motifs is 1. The normalized spacial score (nSPS) is 22.0. The molecule has 0 unspecified atom stereocenters. The van der Waals surface area contributed by atoms with E-state index in [1.54, 1.807) is 43.5 Å². The minimum absolute atomic E-state index is 0.161. The second-order valence-electron chi connectivity index (χ2n) is 8.55. The Kier molecular flexibility index (Phi) is 6.44. The molecule has 1 N–H and O–H groups in total. The van der Waals surface area contributed by atoms with Gasteiger partial charge in [0.05, 0.1) is 30.2 Å². The van der Waals surface area contributed by atoms with E-state index in [1.807, 2.05) is 0 Å². The highest BCUT2D eigenvalue weighted by atomic mass is 16.5. The Bertz CT molecular complexity index is 1080. The van der Waals surface area contributed by atoms with Gasteiger partial charge in [0.2, 0.25) is 11.8 Å². The fourth-order valence-electron chi connectivity index (χ4n) is 4.50. The summed E-state index contributed by atoms with van der Waals surface area (Å²) in [7, 11) is 1.55. The summed E-state index contributed by atoms with van der Waals surface area (Å²) in [5.41, 5.74) is 1.05. The Morgan fingerprint density at radius 1 is 1.03 bits per heavy atom. The van der Waals surface area contributed by atoms with Crippen LogP contribution in [0.3, 0.4) is 0 Å². The lowest BCUT2D eigenvalue weighted by atomic mass is 9.76. The summed E-state index contributed by atoms with van der Waals surface area (Å²) in [4.78, 5) is 51.6. The number of hydrogen-bond donors (Lipinski definition) is 1. The highest BCUT2D eigenvalue weighted by Crippen LogP contribution is 2.42. The van der Waals surface area contributed by atoms with Crippen LogP contribution in [0.4, 0.5) is 11.4 Å². The van der Waals surface area contributed by atoms with Crippen molar-refractivity contribution in [2.75, 3.05) is 23.9 Å². The molecule has 2 aromatic rings. The van der Waals surface area contributed by atoms with Gasteiger partial charge in [0, 0.05) is 5.69 Å². The van der Waals surface area contributed by atoms with Crippen molar-refractivity contribution in [3.63, 3.8) is 0 Å². The molecule has 172 valence electrons. The smallest absolute Gasteiger partial charge is 0.338 e. The molecule has 0 radical (unpaired) electrons. The van der Waals surface area contributed by atoms with Gasteiger partial charge in [-0.3, -0.25) is 19.3 Å². The maximum absolute atomic E-state index is 12.9. The first kappa shape index (κ1) is 22.5. The van der Waals surface area contributed by atoms with Crippen LogP contribution in [-0.2, 0) is 19.1 Å². The molecule has 1 aliphatic heterocycles. The number of imide groups is 1. The fraction of sp³-hybridized carbons (Fsp3) is 0.360. The standard InChI is InChI=1S/C25H26N2O6/c1-15-6-11-20-21(12-15)24(30)27(23(20)29)18-5-3-4-16(13-18)25(31)33-14-22(28)26-17-7-9-19(32-2)10-8-17/h3-5,7-10,13,15,20-21H,6,11-12,14H2,1-2H3,(H,26,28)/t15-,20+,21-/m0/s1. The zero-order chi connectivity index (χ0) is 23.5. The van der Waals surface area contributed by atoms with E-state index in [4.69, 9.17) is 9.47 Å². The van der Waals surface area contributed by atoms with Gasteiger partial charge in [-0.25, -0.2) is 4.79 Å². The lowest BCUT2D eigenvalue weighted by Gasteiger charge is -2.25. The second kappa shape index (κ2) is 9.44. The number of amides is 3. The fourth-order valence-corrected chi connectivity index (χ4v) is 4.50. The zero-order valence-corrected chi connectivity index (χ0v) is 18.6. The van der Waals surface area contributed by atoms with Gasteiger partial charge in [-0.2, -0.15) is 0 Å². The van der Waals surface area contributed by atoms with Crippen molar-refractivity contribution in [2.45, 2.75) is 26.2 Å². The molecule has 2 aromatic carbocycles. The maximum Gasteiger partial charge on any atom is 0.338 e. The van der Waals surface area contributed by atoms with Crippen LogP contribution in [0, 0.1) is 17.8 Å². The maximum atomic E-state index is 12.9. The predicted octanol–water partition coefficient (Wildman–Crippen LogP) is 3.42. The third-order valence-corrected chi connectivity index (χ3v) is 6.24. The third kappa shape index (κ3) is 4.74. The Balaban J connectivity index is 1.39. The Labute approximate surface area is 191 Å². The number of hydrogen-bond acceptors (Lipinski definition) is 6. The highest BCUT2D eigenvalue weighted by Gasteiger charge is 2.50. The first-order chi connectivity index (χ1) is 15.9. The first-order valence-electron chi connectivity index (χ1n) is 11.0. The summed E-state index contributed by atoms with van der Waals surface area (Å²) in [6.45, 7) is 1.62. The summed E-state index contributed by atoms with van der Waals surface area (Å²) in [6.07, 6.45) is 2.34. The van der Waals surface area contributed by atoms with E-state index in [9.17, 15) is 19.2 Å². The highest BCUT2D eigenvalue weighted by molar-refractivity contribution is 6.22. The molecule has 2 aliphatic rings. The molecule has 1 aliphatic carbocycles. The molecular formula is C25H26N2O6. The number of methoxy groups -OCH3 is 1. The molecule has 8 heteroatoms. The number of rotatable bonds is 6. The van der Waals surface area contributed by atoms with E-state index in [0.29, 0.717) is 35.9 Å². The average molecular weight is 450 g/mol. The molecule has 2 fully saturated rings. The second-order valence-corrected chi connectivity index (χ2v) is 8.55. The number of esters is 1. The molecule has 1 heterocycles. The number of carbonyl (C=O) groups excluding carboxylic acids is 4. The van der Waals surface area contributed by atoms with Crippen LogP contribution < -0.4 is 15.0 Å². The minimum Gasteiger partial charge on any atom is -0.497 e. The van der Waals surface area contributed by atoms with Crippen LogP contribution in [0.25, 0.3) is 0 Å². The summed E-state index contributed by atoms with van der Waals surface area (Å²) in [5.74, 6) is -1.14. The molecule has 0 bridgehead atoms. The molecule has 1 saturated heterocycles. The molecule has 3 amide bonds. The van der Waals surface area contributed by atoms with Crippen molar-refractivity contribution in [3.05, 3.63) is 54.1 Å². The van der Waals surface area contributed by atoms with Gasteiger partial charge in [0.1, 0.15) is 5.75 Å². The number of benzene rings is 2. The Morgan fingerprint density at radius 3 is 2.48 bits per heavy atom. The van der Waals surface area contributed by atoms with Crippen molar-refractivity contribution >= 4 is 35.1 Å².